The summed E-state index contributed by atoms with van der Waals surface area (Å²) in [6.07, 6.45) is 0.183. The van der Waals surface area contributed by atoms with E-state index in [0.29, 0.717) is 0 Å². The molecular formula is C16H15NO4. The monoisotopic (exact) mass is 285 g/mol. The van der Waals surface area contributed by atoms with Gasteiger partial charge in [-0.05, 0) is 18.6 Å². The Morgan fingerprint density at radius 1 is 1.14 bits per heavy atom. The summed E-state index contributed by atoms with van der Waals surface area (Å²) in [6, 6.07) is 13.6. The lowest BCUT2D eigenvalue weighted by Gasteiger charge is -2.09. The summed E-state index contributed by atoms with van der Waals surface area (Å²) in [5, 5.41) is 11.0. The van der Waals surface area contributed by atoms with Crippen molar-refractivity contribution in [2.24, 2.45) is 0 Å². The third kappa shape index (κ3) is 3.45. The Kier molecular flexibility index (Phi) is 4.66. The van der Waals surface area contributed by atoms with E-state index >= 15 is 0 Å². The fourth-order valence-corrected chi connectivity index (χ4v) is 2.06. The highest BCUT2D eigenvalue weighted by atomic mass is 16.6. The van der Waals surface area contributed by atoms with E-state index in [0.717, 1.165) is 5.56 Å². The molecule has 0 unspecified atom stereocenters. The number of benzene rings is 2. The quantitative estimate of drug-likeness (QED) is 0.463. The van der Waals surface area contributed by atoms with Gasteiger partial charge in [-0.2, -0.15) is 0 Å². The molecule has 2 aromatic carbocycles. The second-order valence-corrected chi connectivity index (χ2v) is 4.43. The molecule has 0 radical (unpaired) electrons. The van der Waals surface area contributed by atoms with Crippen molar-refractivity contribution in [1.29, 1.82) is 0 Å². The fourth-order valence-electron chi connectivity index (χ4n) is 2.06. The molecule has 0 atom stereocenters. The summed E-state index contributed by atoms with van der Waals surface area (Å²) in [5.41, 5.74) is 0.919. The second-order valence-electron chi connectivity index (χ2n) is 4.43. The smallest absolute Gasteiger partial charge is 0.311 e. The maximum absolute atomic E-state index is 12.4. The molecule has 0 N–H and O–H groups in total. The highest BCUT2D eigenvalue weighted by molar-refractivity contribution is 6.01. The second kappa shape index (κ2) is 6.65. The molecule has 2 aromatic rings. The number of hydrogen-bond acceptors (Lipinski definition) is 4. The van der Waals surface area contributed by atoms with Crippen molar-refractivity contribution < 1.29 is 14.5 Å². The molecular weight excluding hydrogens is 270 g/mol. The molecule has 0 spiro atoms. The first-order valence-corrected chi connectivity index (χ1v) is 6.60. The Bertz CT molecular complexity index is 653. The van der Waals surface area contributed by atoms with E-state index in [1.807, 2.05) is 30.3 Å². The van der Waals surface area contributed by atoms with Crippen molar-refractivity contribution >= 4 is 11.5 Å². The number of Topliss-reactive ketones (excluding diaryl/α,β-unsaturated/α-hetero) is 1. The SMILES string of the molecule is CCOc1c(C(=O)Cc2ccccc2)cccc1[N+](=O)[O-]. The van der Waals surface area contributed by atoms with Crippen LogP contribution in [-0.2, 0) is 6.42 Å². The highest BCUT2D eigenvalue weighted by Gasteiger charge is 2.22. The molecule has 108 valence electrons. The first-order chi connectivity index (χ1) is 10.1. The van der Waals surface area contributed by atoms with Crippen LogP contribution in [0.15, 0.2) is 48.5 Å². The highest BCUT2D eigenvalue weighted by Crippen LogP contribution is 2.31. The summed E-state index contributed by atoms with van der Waals surface area (Å²) in [4.78, 5) is 22.9. The predicted molar refractivity (Wildman–Crippen MR) is 78.7 cm³/mol. The van der Waals surface area contributed by atoms with Crippen molar-refractivity contribution in [3.05, 3.63) is 69.8 Å². The molecule has 0 fully saturated rings. The Morgan fingerprint density at radius 3 is 2.48 bits per heavy atom. The van der Waals surface area contributed by atoms with Gasteiger partial charge in [-0.1, -0.05) is 36.4 Å². The van der Waals surface area contributed by atoms with Gasteiger partial charge < -0.3 is 4.74 Å². The molecule has 5 nitrogen and oxygen atoms in total. The van der Waals surface area contributed by atoms with Crippen molar-refractivity contribution in [1.82, 2.24) is 0 Å². The van der Waals surface area contributed by atoms with Crippen molar-refractivity contribution in [3.8, 4) is 5.75 Å². The molecule has 0 saturated heterocycles. The van der Waals surface area contributed by atoms with Crippen molar-refractivity contribution in [2.45, 2.75) is 13.3 Å². The van der Waals surface area contributed by atoms with Crippen LogP contribution in [0.2, 0.25) is 0 Å². The summed E-state index contributed by atoms with van der Waals surface area (Å²) >= 11 is 0. The Balaban J connectivity index is 2.36. The number of nitro groups is 1. The van der Waals surface area contributed by atoms with E-state index in [2.05, 4.69) is 0 Å². The zero-order valence-corrected chi connectivity index (χ0v) is 11.6. The number of ether oxygens (including phenoxy) is 1. The zero-order valence-electron chi connectivity index (χ0n) is 11.6. The van der Waals surface area contributed by atoms with Gasteiger partial charge in [0.1, 0.15) is 0 Å². The zero-order chi connectivity index (χ0) is 15.2. The van der Waals surface area contributed by atoms with E-state index in [1.165, 1.54) is 12.1 Å². The van der Waals surface area contributed by atoms with E-state index in [1.54, 1.807) is 13.0 Å². The van der Waals surface area contributed by atoms with Crippen LogP contribution in [0.3, 0.4) is 0 Å². The molecule has 0 saturated carbocycles. The maximum Gasteiger partial charge on any atom is 0.311 e. The number of nitro benzene ring substituents is 1. The maximum atomic E-state index is 12.4. The minimum Gasteiger partial charge on any atom is -0.487 e. The topological polar surface area (TPSA) is 69.4 Å². The third-order valence-corrected chi connectivity index (χ3v) is 2.99. The predicted octanol–water partition coefficient (Wildman–Crippen LogP) is 3.42. The van der Waals surface area contributed by atoms with Gasteiger partial charge in [-0.15, -0.1) is 0 Å². The lowest BCUT2D eigenvalue weighted by Crippen LogP contribution is -2.08. The van der Waals surface area contributed by atoms with Crippen LogP contribution >= 0.6 is 0 Å². The fraction of sp³-hybridized carbons (Fsp3) is 0.188. The van der Waals surface area contributed by atoms with Gasteiger partial charge in [0, 0.05) is 12.5 Å². The molecule has 0 aliphatic heterocycles. The van der Waals surface area contributed by atoms with Crippen LogP contribution in [0.25, 0.3) is 0 Å². The minimum atomic E-state index is -0.537. The van der Waals surface area contributed by atoms with Crippen molar-refractivity contribution in [2.75, 3.05) is 6.61 Å². The number of hydrogen-bond donors (Lipinski definition) is 0. The van der Waals surface area contributed by atoms with Crippen LogP contribution < -0.4 is 4.74 Å². The number of ketones is 1. The molecule has 0 aliphatic carbocycles. The minimum absolute atomic E-state index is 0.0472. The van der Waals surface area contributed by atoms with E-state index in [4.69, 9.17) is 4.74 Å². The van der Waals surface area contributed by atoms with Crippen molar-refractivity contribution in [3.63, 3.8) is 0 Å². The van der Waals surface area contributed by atoms with Crippen LogP contribution in [0, 0.1) is 10.1 Å². The molecule has 21 heavy (non-hydrogen) atoms. The number of nitrogens with zero attached hydrogens (tertiary/aromatic N) is 1. The summed E-state index contributed by atoms with van der Waals surface area (Å²) < 4.78 is 5.33. The molecule has 0 aliphatic rings. The van der Waals surface area contributed by atoms with Crippen LogP contribution in [-0.4, -0.2) is 17.3 Å². The first kappa shape index (κ1) is 14.7. The normalized spacial score (nSPS) is 10.1. The molecule has 0 bridgehead atoms. The van der Waals surface area contributed by atoms with E-state index in [-0.39, 0.29) is 35.8 Å². The number of para-hydroxylation sites is 1. The molecule has 0 aromatic heterocycles. The first-order valence-electron chi connectivity index (χ1n) is 6.60. The number of rotatable bonds is 6. The van der Waals surface area contributed by atoms with Crippen LogP contribution in [0.4, 0.5) is 5.69 Å². The van der Waals surface area contributed by atoms with Gasteiger partial charge in [0.25, 0.3) is 0 Å². The standard InChI is InChI=1S/C16H15NO4/c1-2-21-16-13(9-6-10-14(16)17(19)20)15(18)11-12-7-4-3-5-8-12/h3-10H,2,11H2,1H3. The Morgan fingerprint density at radius 2 is 1.86 bits per heavy atom. The van der Waals surface area contributed by atoms with E-state index in [9.17, 15) is 14.9 Å². The van der Waals surface area contributed by atoms with E-state index < -0.39 is 4.92 Å². The van der Waals surface area contributed by atoms with Gasteiger partial charge in [0.15, 0.2) is 5.78 Å². The largest absolute Gasteiger partial charge is 0.487 e. The summed E-state index contributed by atoms with van der Waals surface area (Å²) in [5.74, 6) is -0.153. The molecule has 0 amide bonds. The summed E-state index contributed by atoms with van der Waals surface area (Å²) in [7, 11) is 0. The Hall–Kier alpha value is -2.69. The average molecular weight is 285 g/mol. The average Bonchev–Trinajstić information content (AvgIpc) is 2.48. The lowest BCUT2D eigenvalue weighted by molar-refractivity contribution is -0.385. The van der Waals surface area contributed by atoms with Gasteiger partial charge in [-0.25, -0.2) is 0 Å². The number of carbonyl (C=O) groups excluding carboxylic acids is 1. The Labute approximate surface area is 122 Å². The molecule has 5 heteroatoms. The van der Waals surface area contributed by atoms with Crippen LogP contribution in [0.1, 0.15) is 22.8 Å². The molecule has 0 heterocycles. The summed E-state index contributed by atoms with van der Waals surface area (Å²) in [6.45, 7) is 1.98. The lowest BCUT2D eigenvalue weighted by atomic mass is 10.0. The number of carbonyl (C=O) groups is 1. The third-order valence-electron chi connectivity index (χ3n) is 2.99. The van der Waals surface area contributed by atoms with Crippen LogP contribution in [0.5, 0.6) is 5.75 Å². The van der Waals surface area contributed by atoms with Gasteiger partial charge >= 0.3 is 5.69 Å². The van der Waals surface area contributed by atoms with Gasteiger partial charge in [0.2, 0.25) is 5.75 Å². The van der Waals surface area contributed by atoms with Gasteiger partial charge in [0.05, 0.1) is 17.1 Å². The molecule has 2 rings (SSSR count). The van der Waals surface area contributed by atoms with Gasteiger partial charge in [-0.3, -0.25) is 14.9 Å².